The number of likely N-dealkylation sites (tertiary alicyclic amines) is 1. The molecule has 1 aliphatic carbocycles. The average molecular weight is 269 g/mol. The van der Waals surface area contributed by atoms with Crippen molar-refractivity contribution in [2.24, 2.45) is 17.3 Å². The summed E-state index contributed by atoms with van der Waals surface area (Å²) >= 11 is 4.71. The summed E-state index contributed by atoms with van der Waals surface area (Å²) in [6, 6.07) is 0. The van der Waals surface area contributed by atoms with Gasteiger partial charge in [0.05, 0.1) is 0 Å². The maximum atomic E-state index is 4.71. The Morgan fingerprint density at radius 2 is 1.72 bits per heavy atom. The van der Waals surface area contributed by atoms with Crippen LogP contribution in [0.2, 0.25) is 0 Å². The van der Waals surface area contributed by atoms with Crippen LogP contribution in [0, 0.1) is 17.3 Å². The minimum atomic E-state index is 0.528. The Hall–Kier alpha value is 0.310. The zero-order valence-electron chi connectivity index (χ0n) is 12.3. The first-order chi connectivity index (χ1) is 8.65. The summed E-state index contributed by atoms with van der Waals surface area (Å²) in [4.78, 5) is 2.74. The second-order valence-corrected chi connectivity index (χ2v) is 7.37. The van der Waals surface area contributed by atoms with Crippen molar-refractivity contribution in [1.82, 2.24) is 4.90 Å². The summed E-state index contributed by atoms with van der Waals surface area (Å²) in [5.41, 5.74) is 0.528. The van der Waals surface area contributed by atoms with Crippen LogP contribution in [0.5, 0.6) is 0 Å². The van der Waals surface area contributed by atoms with Crippen molar-refractivity contribution in [1.29, 1.82) is 0 Å². The molecule has 1 heterocycles. The van der Waals surface area contributed by atoms with E-state index in [1.807, 2.05) is 0 Å². The molecule has 0 spiro atoms. The smallest absolute Gasteiger partial charge is 0.00459 e. The largest absolute Gasteiger partial charge is 0.302 e. The van der Waals surface area contributed by atoms with E-state index in [9.17, 15) is 0 Å². The second kappa shape index (κ2) is 6.65. The first kappa shape index (κ1) is 14.7. The van der Waals surface area contributed by atoms with Gasteiger partial charge in [0.2, 0.25) is 0 Å². The van der Waals surface area contributed by atoms with E-state index < -0.39 is 0 Å². The van der Waals surface area contributed by atoms with Gasteiger partial charge in [-0.2, -0.15) is 12.6 Å². The van der Waals surface area contributed by atoms with E-state index in [2.05, 4.69) is 18.7 Å². The van der Waals surface area contributed by atoms with Crippen molar-refractivity contribution in [2.45, 2.75) is 58.8 Å². The minimum absolute atomic E-state index is 0.528. The number of thiol groups is 1. The van der Waals surface area contributed by atoms with Gasteiger partial charge in [-0.3, -0.25) is 0 Å². The van der Waals surface area contributed by atoms with Crippen LogP contribution in [0.1, 0.15) is 58.8 Å². The molecule has 18 heavy (non-hydrogen) atoms. The maximum Gasteiger partial charge on any atom is 0.00459 e. The molecule has 0 N–H and O–H groups in total. The van der Waals surface area contributed by atoms with Gasteiger partial charge in [0.15, 0.2) is 0 Å². The predicted octanol–water partition coefficient (Wildman–Crippen LogP) is 4.23. The van der Waals surface area contributed by atoms with Crippen molar-refractivity contribution in [3.63, 3.8) is 0 Å². The van der Waals surface area contributed by atoms with Gasteiger partial charge in [0.25, 0.3) is 0 Å². The number of rotatable bonds is 3. The highest BCUT2D eigenvalue weighted by molar-refractivity contribution is 7.80. The van der Waals surface area contributed by atoms with Gasteiger partial charge >= 0.3 is 0 Å². The van der Waals surface area contributed by atoms with Crippen LogP contribution in [0.4, 0.5) is 0 Å². The van der Waals surface area contributed by atoms with Gasteiger partial charge in [-0.25, -0.2) is 0 Å². The third-order valence-electron chi connectivity index (χ3n) is 5.48. The zero-order valence-corrected chi connectivity index (χ0v) is 13.2. The molecule has 1 saturated heterocycles. The Bertz CT molecular complexity index is 245. The number of hydrogen-bond acceptors (Lipinski definition) is 2. The summed E-state index contributed by atoms with van der Waals surface area (Å²) in [6.07, 6.45) is 9.98. The van der Waals surface area contributed by atoms with Crippen molar-refractivity contribution < 1.29 is 0 Å². The minimum Gasteiger partial charge on any atom is -0.302 e. The molecular weight excluding hydrogens is 238 g/mol. The fraction of sp³-hybridized carbons (Fsp3) is 1.00. The van der Waals surface area contributed by atoms with Crippen LogP contribution in [-0.2, 0) is 0 Å². The van der Waals surface area contributed by atoms with Crippen molar-refractivity contribution >= 4 is 12.6 Å². The van der Waals surface area contributed by atoms with Crippen LogP contribution in [0.25, 0.3) is 0 Å². The molecule has 2 fully saturated rings. The third kappa shape index (κ3) is 3.66. The molecule has 2 atom stereocenters. The summed E-state index contributed by atoms with van der Waals surface area (Å²) in [6.45, 7) is 8.80. The Labute approximate surface area is 119 Å². The molecule has 0 aromatic rings. The highest BCUT2D eigenvalue weighted by Crippen LogP contribution is 2.38. The monoisotopic (exact) mass is 269 g/mol. The molecule has 2 rings (SSSR count). The van der Waals surface area contributed by atoms with Crippen LogP contribution in [0.15, 0.2) is 0 Å². The lowest BCUT2D eigenvalue weighted by atomic mass is 9.80. The fourth-order valence-electron chi connectivity index (χ4n) is 3.81. The summed E-state index contributed by atoms with van der Waals surface area (Å²) in [5.74, 6) is 2.89. The first-order valence-electron chi connectivity index (χ1n) is 7.98. The Balaban J connectivity index is 1.92. The second-order valence-electron chi connectivity index (χ2n) is 7.05. The molecule has 0 radical (unpaired) electrons. The molecule has 2 heteroatoms. The van der Waals surface area contributed by atoms with E-state index >= 15 is 0 Å². The number of nitrogens with zero attached hydrogens (tertiary/aromatic N) is 1. The molecule has 106 valence electrons. The van der Waals surface area contributed by atoms with Crippen molar-refractivity contribution in [2.75, 3.05) is 25.4 Å². The molecule has 0 amide bonds. The van der Waals surface area contributed by atoms with Gasteiger partial charge in [0.1, 0.15) is 0 Å². The lowest BCUT2D eigenvalue weighted by Gasteiger charge is -2.42. The zero-order chi connectivity index (χ0) is 13.0. The lowest BCUT2D eigenvalue weighted by molar-refractivity contribution is 0.0844. The van der Waals surface area contributed by atoms with E-state index in [-0.39, 0.29) is 0 Å². The molecule has 0 bridgehead atoms. The molecule has 1 nitrogen and oxygen atoms in total. The van der Waals surface area contributed by atoms with Crippen molar-refractivity contribution in [3.05, 3.63) is 0 Å². The standard InChI is InChI=1S/C16H31NS/c1-14-7-10-17(11-15(14)2)12-16(13-18)8-5-3-4-6-9-16/h14-15,18H,3-13H2,1-2H3. The third-order valence-corrected chi connectivity index (χ3v) is 6.15. The Kier molecular flexibility index (Phi) is 5.44. The van der Waals surface area contributed by atoms with Crippen LogP contribution < -0.4 is 0 Å². The van der Waals surface area contributed by atoms with Gasteiger partial charge in [0, 0.05) is 13.1 Å². The Morgan fingerprint density at radius 3 is 2.28 bits per heavy atom. The quantitative estimate of drug-likeness (QED) is 0.592. The SMILES string of the molecule is CC1CCN(CC2(CS)CCCCCC2)CC1C. The molecule has 0 aromatic carbocycles. The van der Waals surface area contributed by atoms with Gasteiger partial charge in [-0.1, -0.05) is 39.5 Å². The van der Waals surface area contributed by atoms with Crippen LogP contribution in [-0.4, -0.2) is 30.3 Å². The van der Waals surface area contributed by atoms with E-state index in [0.29, 0.717) is 5.41 Å². The molecule has 1 aliphatic heterocycles. The normalized spacial score (nSPS) is 34.2. The van der Waals surface area contributed by atoms with E-state index in [4.69, 9.17) is 12.6 Å². The Morgan fingerprint density at radius 1 is 1.06 bits per heavy atom. The molecule has 2 aliphatic rings. The first-order valence-corrected chi connectivity index (χ1v) is 8.62. The van der Waals surface area contributed by atoms with Gasteiger partial charge < -0.3 is 4.90 Å². The van der Waals surface area contributed by atoms with E-state index in [1.54, 1.807) is 0 Å². The number of piperidine rings is 1. The molecule has 2 unspecified atom stereocenters. The van der Waals surface area contributed by atoms with Crippen molar-refractivity contribution in [3.8, 4) is 0 Å². The van der Waals surface area contributed by atoms with Crippen LogP contribution in [0.3, 0.4) is 0 Å². The maximum absolute atomic E-state index is 4.71. The molecular formula is C16H31NS. The average Bonchev–Trinajstić information content (AvgIpc) is 2.60. The molecule has 1 saturated carbocycles. The summed E-state index contributed by atoms with van der Waals surface area (Å²) in [7, 11) is 0. The van der Waals surface area contributed by atoms with Crippen LogP contribution >= 0.6 is 12.6 Å². The number of hydrogen-bond donors (Lipinski definition) is 1. The van der Waals surface area contributed by atoms with E-state index in [1.165, 1.54) is 64.6 Å². The lowest BCUT2D eigenvalue weighted by Crippen LogP contribution is -2.45. The summed E-state index contributed by atoms with van der Waals surface area (Å²) in [5, 5.41) is 0. The highest BCUT2D eigenvalue weighted by Gasteiger charge is 2.33. The highest BCUT2D eigenvalue weighted by atomic mass is 32.1. The predicted molar refractivity (Wildman–Crippen MR) is 83.4 cm³/mol. The van der Waals surface area contributed by atoms with Gasteiger partial charge in [-0.15, -0.1) is 0 Å². The van der Waals surface area contributed by atoms with Gasteiger partial charge in [-0.05, 0) is 48.8 Å². The topological polar surface area (TPSA) is 3.24 Å². The fourth-order valence-corrected chi connectivity index (χ4v) is 4.23. The van der Waals surface area contributed by atoms with E-state index in [0.717, 1.165) is 17.6 Å². The summed E-state index contributed by atoms with van der Waals surface area (Å²) < 4.78 is 0. The molecule has 0 aromatic heterocycles.